The van der Waals surface area contributed by atoms with Gasteiger partial charge in [-0.3, -0.25) is 4.90 Å². The largest absolute Gasteiger partial charge is 0.492 e. The molecule has 0 spiro atoms. The van der Waals surface area contributed by atoms with E-state index in [1.165, 1.54) is 0 Å². The van der Waals surface area contributed by atoms with Crippen LogP contribution in [-0.2, 0) is 23.7 Å². The fourth-order valence-electron chi connectivity index (χ4n) is 6.40. The summed E-state index contributed by atoms with van der Waals surface area (Å²) in [5, 5.41) is 10.7. The van der Waals surface area contributed by atoms with Crippen LogP contribution in [0.1, 0.15) is 52.9 Å². The second-order valence-corrected chi connectivity index (χ2v) is 9.08. The van der Waals surface area contributed by atoms with Gasteiger partial charge in [-0.15, -0.1) is 0 Å². The molecule has 0 saturated carbocycles. The zero-order valence-corrected chi connectivity index (χ0v) is 17.6. The van der Waals surface area contributed by atoms with Gasteiger partial charge in [-0.2, -0.15) is 0 Å². The molecule has 0 radical (unpaired) electrons. The van der Waals surface area contributed by atoms with Crippen LogP contribution in [0.15, 0.2) is 22.9 Å². The third-order valence-corrected chi connectivity index (χ3v) is 7.68. The number of nitrogens with zero attached hydrogens (tertiary/aromatic N) is 1. The van der Waals surface area contributed by atoms with Crippen molar-refractivity contribution in [1.82, 2.24) is 4.90 Å². The Balaban J connectivity index is 1.55. The predicted octanol–water partition coefficient (Wildman–Crippen LogP) is 2.45. The van der Waals surface area contributed by atoms with Gasteiger partial charge in [0.05, 0.1) is 30.8 Å². The molecule has 0 unspecified atom stereocenters. The Morgan fingerprint density at radius 3 is 2.90 bits per heavy atom. The van der Waals surface area contributed by atoms with Crippen molar-refractivity contribution in [2.45, 2.75) is 83.0 Å². The maximum atomic E-state index is 12.1. The minimum Gasteiger partial charge on any atom is -0.492 e. The number of methoxy groups -OCH3 is 1. The van der Waals surface area contributed by atoms with Crippen molar-refractivity contribution in [3.8, 4) is 0 Å². The second kappa shape index (κ2) is 6.72. The number of rotatable bonds is 3. The average Bonchev–Trinajstić information content (AvgIpc) is 3.23. The van der Waals surface area contributed by atoms with Gasteiger partial charge < -0.3 is 24.1 Å². The quantitative estimate of drug-likeness (QED) is 0.723. The molecule has 0 aromatic rings. The van der Waals surface area contributed by atoms with E-state index in [9.17, 15) is 9.90 Å². The van der Waals surface area contributed by atoms with E-state index in [0.717, 1.165) is 38.6 Å². The number of hydrogen-bond donors (Lipinski definition) is 1. The Labute approximate surface area is 171 Å². The Morgan fingerprint density at radius 1 is 1.38 bits per heavy atom. The van der Waals surface area contributed by atoms with Crippen molar-refractivity contribution < 1.29 is 28.8 Å². The van der Waals surface area contributed by atoms with Gasteiger partial charge >= 0.3 is 5.97 Å². The molecular formula is C22H31NO6. The molecule has 160 valence electrons. The van der Waals surface area contributed by atoms with E-state index in [1.54, 1.807) is 14.0 Å². The molecule has 7 nitrogen and oxygen atoms in total. The molecular weight excluding hydrogens is 374 g/mol. The zero-order valence-electron chi connectivity index (χ0n) is 17.6. The van der Waals surface area contributed by atoms with Crippen LogP contribution in [0.4, 0.5) is 0 Å². The second-order valence-electron chi connectivity index (χ2n) is 9.08. The molecule has 5 heterocycles. The fraction of sp³-hybridized carbons (Fsp3) is 0.773. The summed E-state index contributed by atoms with van der Waals surface area (Å²) in [6.07, 6.45) is 4.22. The highest BCUT2D eigenvalue weighted by Gasteiger charge is 2.68. The summed E-state index contributed by atoms with van der Waals surface area (Å²) in [7, 11) is 1.55. The highest BCUT2D eigenvalue weighted by molar-refractivity contribution is 5.93. The summed E-state index contributed by atoms with van der Waals surface area (Å²) in [5.41, 5.74) is 0.466. The van der Waals surface area contributed by atoms with Crippen LogP contribution in [0.3, 0.4) is 0 Å². The first-order valence-electron chi connectivity index (χ1n) is 10.9. The molecule has 2 bridgehead atoms. The molecule has 7 atom stereocenters. The summed E-state index contributed by atoms with van der Waals surface area (Å²) < 4.78 is 24.2. The first-order chi connectivity index (χ1) is 13.9. The Kier molecular flexibility index (Phi) is 4.50. The number of cyclic esters (lactones) is 1. The van der Waals surface area contributed by atoms with Crippen LogP contribution in [0.2, 0.25) is 0 Å². The highest BCUT2D eigenvalue weighted by atomic mass is 16.7. The maximum absolute atomic E-state index is 12.1. The van der Waals surface area contributed by atoms with Crippen LogP contribution < -0.4 is 0 Å². The number of carbonyl (C=O) groups excluding carboxylic acids is 1. The van der Waals surface area contributed by atoms with Crippen molar-refractivity contribution in [3.63, 3.8) is 0 Å². The summed E-state index contributed by atoms with van der Waals surface area (Å²) in [5.74, 6) is 0.631. The summed E-state index contributed by atoms with van der Waals surface area (Å²) in [6, 6.07) is 0.377. The van der Waals surface area contributed by atoms with E-state index in [4.69, 9.17) is 18.9 Å². The summed E-state index contributed by atoms with van der Waals surface area (Å²) >= 11 is 0. The molecule has 7 heteroatoms. The summed E-state index contributed by atoms with van der Waals surface area (Å²) in [4.78, 5) is 14.6. The molecule has 29 heavy (non-hydrogen) atoms. The number of hydrogen-bond acceptors (Lipinski definition) is 7. The molecule has 1 N–H and O–H groups in total. The number of piperidine rings is 1. The summed E-state index contributed by atoms with van der Waals surface area (Å²) in [6.45, 7) is 6.85. The highest BCUT2D eigenvalue weighted by Crippen LogP contribution is 2.59. The molecule has 4 saturated heterocycles. The van der Waals surface area contributed by atoms with Crippen LogP contribution in [0, 0.1) is 11.8 Å². The van der Waals surface area contributed by atoms with E-state index >= 15 is 0 Å². The van der Waals surface area contributed by atoms with Gasteiger partial charge in [-0.05, 0) is 39.2 Å². The average molecular weight is 405 g/mol. The molecule has 5 aliphatic rings. The Morgan fingerprint density at radius 2 is 2.17 bits per heavy atom. The van der Waals surface area contributed by atoms with Crippen molar-refractivity contribution in [2.24, 2.45) is 11.8 Å². The number of aliphatic hydroxyl groups is 1. The standard InChI is InChI=1S/C22H31NO6/c1-5-14(24)13-7-8-15-17-16-11(2)19(20-18(26-4)12(3)21(25)27-20)29-22(16,28-15)9-6-10-23(13)17/h11,13-17,24H,5-10H2,1-4H3/b20-19+/t11-,13-,14-,15+,16+,17-,22+/m0/s1. The van der Waals surface area contributed by atoms with Crippen molar-refractivity contribution >= 4 is 5.97 Å². The SMILES string of the molecule is CC[C@H](O)[C@@H]1CC[C@H]2O[C@@]34CCCN1[C@@H]2[C@H]3[C@H](C)/C(=C1\OC(=O)C(C)=C1OC)O4. The van der Waals surface area contributed by atoms with E-state index in [2.05, 4.69) is 11.8 Å². The number of esters is 1. The monoisotopic (exact) mass is 405 g/mol. The molecule has 0 aromatic carbocycles. The molecule has 5 rings (SSSR count). The topological polar surface area (TPSA) is 77.5 Å². The van der Waals surface area contributed by atoms with Gasteiger partial charge in [0.15, 0.2) is 5.76 Å². The predicted molar refractivity (Wildman–Crippen MR) is 103 cm³/mol. The van der Waals surface area contributed by atoms with Gasteiger partial charge in [0.25, 0.3) is 0 Å². The number of carbonyl (C=O) groups is 1. The third kappa shape index (κ3) is 2.56. The minimum atomic E-state index is -0.681. The molecule has 0 aromatic heterocycles. The fourth-order valence-corrected chi connectivity index (χ4v) is 6.40. The Bertz CT molecular complexity index is 790. The van der Waals surface area contributed by atoms with Gasteiger partial charge in [0.1, 0.15) is 5.76 Å². The van der Waals surface area contributed by atoms with E-state index in [0.29, 0.717) is 22.9 Å². The van der Waals surface area contributed by atoms with Crippen molar-refractivity contribution in [3.05, 3.63) is 22.9 Å². The molecule has 4 fully saturated rings. The zero-order chi connectivity index (χ0) is 20.5. The van der Waals surface area contributed by atoms with E-state index in [1.807, 2.05) is 6.92 Å². The lowest BCUT2D eigenvalue weighted by atomic mass is 9.77. The van der Waals surface area contributed by atoms with Crippen molar-refractivity contribution in [1.29, 1.82) is 0 Å². The van der Waals surface area contributed by atoms with Crippen molar-refractivity contribution in [2.75, 3.05) is 13.7 Å². The molecule has 0 aliphatic carbocycles. The molecule has 0 amide bonds. The third-order valence-electron chi connectivity index (χ3n) is 7.68. The lowest BCUT2D eigenvalue weighted by Gasteiger charge is -2.46. The number of ether oxygens (including phenoxy) is 4. The number of allylic oxidation sites excluding steroid dienone is 1. The lowest BCUT2D eigenvalue weighted by Crippen LogP contribution is -2.58. The first kappa shape index (κ1) is 19.4. The van der Waals surface area contributed by atoms with Gasteiger partial charge in [0.2, 0.25) is 11.5 Å². The Hall–Kier alpha value is -1.57. The minimum absolute atomic E-state index is 0.0296. The van der Waals surface area contributed by atoms with Gasteiger partial charge in [-0.25, -0.2) is 4.79 Å². The maximum Gasteiger partial charge on any atom is 0.343 e. The van der Waals surface area contributed by atoms with Crippen LogP contribution >= 0.6 is 0 Å². The molecule has 5 aliphatic heterocycles. The van der Waals surface area contributed by atoms with E-state index in [-0.39, 0.29) is 42.1 Å². The van der Waals surface area contributed by atoms with Crippen LogP contribution in [-0.4, -0.2) is 59.7 Å². The normalized spacial score (nSPS) is 45.0. The lowest BCUT2D eigenvalue weighted by molar-refractivity contribution is -0.213. The van der Waals surface area contributed by atoms with E-state index < -0.39 is 5.79 Å². The van der Waals surface area contributed by atoms with Crippen LogP contribution in [0.25, 0.3) is 0 Å². The van der Waals surface area contributed by atoms with Crippen LogP contribution in [0.5, 0.6) is 0 Å². The smallest absolute Gasteiger partial charge is 0.343 e. The first-order valence-corrected chi connectivity index (χ1v) is 10.9. The number of aliphatic hydroxyl groups excluding tert-OH is 1. The van der Waals surface area contributed by atoms with Gasteiger partial charge in [0, 0.05) is 24.4 Å². The van der Waals surface area contributed by atoms with Gasteiger partial charge in [-0.1, -0.05) is 13.8 Å².